The number of carbonyl (C=O) groups is 2. The Morgan fingerprint density at radius 2 is 2.00 bits per heavy atom. The van der Waals surface area contributed by atoms with Gasteiger partial charge < -0.3 is 10.2 Å². The molecule has 0 saturated heterocycles. The molecule has 0 radical (unpaired) electrons. The van der Waals surface area contributed by atoms with Crippen molar-refractivity contribution in [2.75, 3.05) is 0 Å². The average molecular weight is 226 g/mol. The molecule has 88 valence electrons. The molecule has 0 rings (SSSR count). The van der Waals surface area contributed by atoms with Crippen LogP contribution in [0.4, 0.5) is 0 Å². The first-order valence-corrected chi connectivity index (χ1v) is 4.35. The van der Waals surface area contributed by atoms with Crippen molar-refractivity contribution in [1.29, 1.82) is 0 Å². The number of aliphatic carboxylic acids is 1. The number of hydrogen-bond donors (Lipinski definition) is 4. The number of rotatable bonds is 6. The van der Waals surface area contributed by atoms with Crippen LogP contribution in [0.25, 0.3) is 0 Å². The van der Waals surface area contributed by atoms with E-state index in [1.165, 1.54) is 13.0 Å². The number of carboxylic acid groups (broad SMARTS) is 1. The molecule has 6 heteroatoms. The number of carboxylic acids is 1. The largest absolute Gasteiger partial charge is 0.478 e. The standard InChI is InChI=1S/C10H14N2O4/c1-4-8(13)11-12-9(14)6(2)5-7(3)10(15)16/h4-5,8,11,13H,1-2H2,3H3,(H,12,14)(H,15,16). The maximum atomic E-state index is 11.3. The zero-order valence-corrected chi connectivity index (χ0v) is 8.86. The molecule has 0 aromatic carbocycles. The van der Waals surface area contributed by atoms with Gasteiger partial charge in [-0.05, 0) is 19.1 Å². The van der Waals surface area contributed by atoms with Crippen LogP contribution in [0.5, 0.6) is 0 Å². The van der Waals surface area contributed by atoms with Crippen LogP contribution in [-0.4, -0.2) is 28.3 Å². The number of aliphatic hydroxyl groups excluding tert-OH is 1. The molecule has 0 fully saturated rings. The fraction of sp³-hybridized carbons (Fsp3) is 0.200. The zero-order chi connectivity index (χ0) is 12.7. The Hall–Kier alpha value is -1.92. The Balaban J connectivity index is 4.30. The summed E-state index contributed by atoms with van der Waals surface area (Å²) >= 11 is 0. The van der Waals surface area contributed by atoms with Crippen molar-refractivity contribution in [3.63, 3.8) is 0 Å². The summed E-state index contributed by atoms with van der Waals surface area (Å²) in [5.74, 6) is -1.77. The third kappa shape index (κ3) is 5.08. The smallest absolute Gasteiger partial charge is 0.331 e. The van der Waals surface area contributed by atoms with Crippen LogP contribution in [0.2, 0.25) is 0 Å². The topological polar surface area (TPSA) is 98.7 Å². The summed E-state index contributed by atoms with van der Waals surface area (Å²) in [6.45, 7) is 8.00. The van der Waals surface area contributed by atoms with Crippen molar-refractivity contribution < 1.29 is 19.8 Å². The van der Waals surface area contributed by atoms with Crippen LogP contribution < -0.4 is 10.9 Å². The van der Waals surface area contributed by atoms with Gasteiger partial charge in [0, 0.05) is 11.1 Å². The van der Waals surface area contributed by atoms with Gasteiger partial charge in [0.1, 0.15) is 6.23 Å². The maximum absolute atomic E-state index is 11.3. The number of hydrogen-bond acceptors (Lipinski definition) is 4. The predicted octanol–water partition coefficient (Wildman–Crippen LogP) is -0.301. The van der Waals surface area contributed by atoms with Gasteiger partial charge in [0.05, 0.1) is 0 Å². The summed E-state index contributed by atoms with van der Waals surface area (Å²) in [6.07, 6.45) is 1.21. The molecule has 0 saturated carbocycles. The minimum absolute atomic E-state index is 0.00980. The van der Waals surface area contributed by atoms with Gasteiger partial charge in [-0.25, -0.2) is 10.2 Å². The van der Waals surface area contributed by atoms with Crippen molar-refractivity contribution in [1.82, 2.24) is 10.9 Å². The molecule has 0 aliphatic rings. The molecular formula is C10H14N2O4. The molecule has 0 aliphatic carbocycles. The van der Waals surface area contributed by atoms with E-state index in [-0.39, 0.29) is 11.1 Å². The fourth-order valence-corrected chi connectivity index (χ4v) is 0.667. The molecule has 0 heterocycles. The monoisotopic (exact) mass is 226 g/mol. The highest BCUT2D eigenvalue weighted by Gasteiger charge is 2.07. The third-order valence-corrected chi connectivity index (χ3v) is 1.58. The number of aliphatic hydroxyl groups is 1. The van der Waals surface area contributed by atoms with Crippen molar-refractivity contribution in [2.24, 2.45) is 0 Å². The molecule has 1 atom stereocenters. The van der Waals surface area contributed by atoms with E-state index >= 15 is 0 Å². The van der Waals surface area contributed by atoms with Crippen LogP contribution >= 0.6 is 0 Å². The SMILES string of the molecule is C=CC(O)NNC(=O)C(=C)C=C(C)C(=O)O. The number of amides is 1. The molecule has 0 spiro atoms. The lowest BCUT2D eigenvalue weighted by Crippen LogP contribution is -2.43. The van der Waals surface area contributed by atoms with Gasteiger partial charge in [0.25, 0.3) is 5.91 Å². The lowest BCUT2D eigenvalue weighted by atomic mass is 10.2. The molecule has 0 bridgehead atoms. The number of hydrazine groups is 1. The van der Waals surface area contributed by atoms with Gasteiger partial charge in [0.2, 0.25) is 0 Å². The zero-order valence-electron chi connectivity index (χ0n) is 8.86. The molecule has 1 unspecified atom stereocenters. The van der Waals surface area contributed by atoms with Gasteiger partial charge >= 0.3 is 5.97 Å². The van der Waals surface area contributed by atoms with Crippen LogP contribution in [0, 0.1) is 0 Å². The Kier molecular flexibility index (Phi) is 5.76. The molecule has 0 aromatic rings. The van der Waals surface area contributed by atoms with E-state index < -0.39 is 18.1 Å². The average Bonchev–Trinajstić information content (AvgIpc) is 2.24. The normalized spacial score (nSPS) is 12.8. The maximum Gasteiger partial charge on any atom is 0.331 e. The van der Waals surface area contributed by atoms with Crippen LogP contribution in [-0.2, 0) is 9.59 Å². The summed E-state index contributed by atoms with van der Waals surface area (Å²) in [7, 11) is 0. The van der Waals surface area contributed by atoms with Crippen molar-refractivity contribution in [3.8, 4) is 0 Å². The summed E-state index contributed by atoms with van der Waals surface area (Å²) < 4.78 is 0. The second-order valence-corrected chi connectivity index (χ2v) is 2.94. The van der Waals surface area contributed by atoms with Gasteiger partial charge in [-0.2, -0.15) is 0 Å². The molecule has 1 amide bonds. The van der Waals surface area contributed by atoms with Crippen molar-refractivity contribution in [3.05, 3.63) is 36.5 Å². The van der Waals surface area contributed by atoms with E-state index in [0.29, 0.717) is 0 Å². The second kappa shape index (κ2) is 6.54. The van der Waals surface area contributed by atoms with Crippen molar-refractivity contribution in [2.45, 2.75) is 13.2 Å². The van der Waals surface area contributed by atoms with E-state index in [9.17, 15) is 9.59 Å². The van der Waals surface area contributed by atoms with Crippen molar-refractivity contribution >= 4 is 11.9 Å². The van der Waals surface area contributed by atoms with E-state index in [1.54, 1.807) is 0 Å². The second-order valence-electron chi connectivity index (χ2n) is 2.94. The summed E-state index contributed by atoms with van der Waals surface area (Å²) in [5.41, 5.74) is 4.30. The Bertz CT molecular complexity index is 347. The van der Waals surface area contributed by atoms with Gasteiger partial charge in [-0.1, -0.05) is 13.2 Å². The first-order chi connectivity index (χ1) is 7.38. The quantitative estimate of drug-likeness (QED) is 0.164. The van der Waals surface area contributed by atoms with Gasteiger partial charge in [-0.3, -0.25) is 10.2 Å². The van der Waals surface area contributed by atoms with Crippen LogP contribution in [0.1, 0.15) is 6.92 Å². The lowest BCUT2D eigenvalue weighted by Gasteiger charge is -2.09. The minimum atomic E-state index is -1.13. The Labute approximate surface area is 92.9 Å². The molecule has 0 aromatic heterocycles. The highest BCUT2D eigenvalue weighted by Crippen LogP contribution is 2.00. The van der Waals surface area contributed by atoms with E-state index in [4.69, 9.17) is 10.2 Å². The summed E-state index contributed by atoms with van der Waals surface area (Å²) in [4.78, 5) is 21.7. The molecule has 0 aliphatic heterocycles. The molecule has 4 N–H and O–H groups in total. The Morgan fingerprint density at radius 1 is 1.44 bits per heavy atom. The van der Waals surface area contributed by atoms with Gasteiger partial charge in [-0.15, -0.1) is 0 Å². The van der Waals surface area contributed by atoms with E-state index in [1.807, 2.05) is 0 Å². The lowest BCUT2D eigenvalue weighted by molar-refractivity contribution is -0.132. The Morgan fingerprint density at radius 3 is 2.44 bits per heavy atom. The summed E-state index contributed by atoms with van der Waals surface area (Å²) in [6, 6.07) is 0. The highest BCUT2D eigenvalue weighted by molar-refractivity contribution is 5.97. The fourth-order valence-electron chi connectivity index (χ4n) is 0.667. The van der Waals surface area contributed by atoms with E-state index in [2.05, 4.69) is 24.0 Å². The number of carbonyl (C=O) groups excluding carboxylic acids is 1. The third-order valence-electron chi connectivity index (χ3n) is 1.58. The summed E-state index contributed by atoms with van der Waals surface area (Å²) in [5, 5.41) is 17.5. The minimum Gasteiger partial charge on any atom is -0.478 e. The number of nitrogens with one attached hydrogen (secondary N) is 2. The highest BCUT2D eigenvalue weighted by atomic mass is 16.4. The molecule has 6 nitrogen and oxygen atoms in total. The van der Waals surface area contributed by atoms with Crippen LogP contribution in [0.15, 0.2) is 36.5 Å². The molecular weight excluding hydrogens is 212 g/mol. The first-order valence-electron chi connectivity index (χ1n) is 4.35. The molecule has 16 heavy (non-hydrogen) atoms. The van der Waals surface area contributed by atoms with Crippen LogP contribution in [0.3, 0.4) is 0 Å². The van der Waals surface area contributed by atoms with E-state index in [0.717, 1.165) is 6.08 Å². The first kappa shape index (κ1) is 14.1. The predicted molar refractivity (Wildman–Crippen MR) is 58.0 cm³/mol. The van der Waals surface area contributed by atoms with Gasteiger partial charge in [0.15, 0.2) is 0 Å².